The highest BCUT2D eigenvalue weighted by atomic mass is 16.5. The van der Waals surface area contributed by atoms with Crippen LogP contribution in [0, 0.1) is 0 Å². The molecule has 0 aliphatic carbocycles. The summed E-state index contributed by atoms with van der Waals surface area (Å²) in [5.74, 6) is 0.633. The van der Waals surface area contributed by atoms with E-state index in [0.29, 0.717) is 12.4 Å². The van der Waals surface area contributed by atoms with Crippen molar-refractivity contribution in [1.29, 1.82) is 0 Å². The maximum Gasteiger partial charge on any atom is 0.143 e. The molecular formula is C13H13NO2. The van der Waals surface area contributed by atoms with Gasteiger partial charge in [-0.15, -0.1) is 0 Å². The average molecular weight is 215 g/mol. The lowest BCUT2D eigenvalue weighted by molar-refractivity contribution is 0.258. The zero-order valence-corrected chi connectivity index (χ0v) is 8.84. The zero-order valence-electron chi connectivity index (χ0n) is 8.84. The molecule has 0 fully saturated rings. The highest BCUT2D eigenvalue weighted by molar-refractivity contribution is 5.29. The Hall–Kier alpha value is -1.87. The molecule has 0 atom stereocenters. The minimum absolute atomic E-state index is 0.0351. The Balaban J connectivity index is 2.05. The molecule has 1 aromatic heterocycles. The van der Waals surface area contributed by atoms with E-state index in [9.17, 15) is 0 Å². The van der Waals surface area contributed by atoms with E-state index in [1.165, 1.54) is 0 Å². The van der Waals surface area contributed by atoms with E-state index in [-0.39, 0.29) is 6.61 Å². The molecule has 0 unspecified atom stereocenters. The smallest absolute Gasteiger partial charge is 0.143 e. The van der Waals surface area contributed by atoms with Gasteiger partial charge >= 0.3 is 0 Å². The first kappa shape index (κ1) is 10.6. The van der Waals surface area contributed by atoms with Crippen LogP contribution in [0.1, 0.15) is 11.1 Å². The van der Waals surface area contributed by atoms with Gasteiger partial charge in [-0.1, -0.05) is 30.3 Å². The Bertz CT molecular complexity index is 443. The van der Waals surface area contributed by atoms with Crippen LogP contribution in [0.5, 0.6) is 5.75 Å². The van der Waals surface area contributed by atoms with Crippen LogP contribution in [-0.4, -0.2) is 10.1 Å². The highest BCUT2D eigenvalue weighted by Crippen LogP contribution is 2.17. The largest absolute Gasteiger partial charge is 0.487 e. The van der Waals surface area contributed by atoms with Gasteiger partial charge in [0.2, 0.25) is 0 Å². The first-order chi connectivity index (χ1) is 7.90. The summed E-state index contributed by atoms with van der Waals surface area (Å²) in [6.07, 6.45) is 3.26. The fourth-order valence-corrected chi connectivity index (χ4v) is 1.40. The molecular weight excluding hydrogens is 202 g/mol. The minimum atomic E-state index is -0.0351. The molecule has 0 radical (unpaired) electrons. The lowest BCUT2D eigenvalue weighted by atomic mass is 10.2. The van der Waals surface area contributed by atoms with Gasteiger partial charge in [0.05, 0.1) is 12.8 Å². The molecule has 0 aliphatic rings. The third-order valence-corrected chi connectivity index (χ3v) is 2.28. The first-order valence-corrected chi connectivity index (χ1v) is 5.10. The molecule has 0 spiro atoms. The van der Waals surface area contributed by atoms with Gasteiger partial charge in [-0.25, -0.2) is 0 Å². The van der Waals surface area contributed by atoms with E-state index in [1.807, 2.05) is 30.3 Å². The molecule has 0 saturated carbocycles. The van der Waals surface area contributed by atoms with Crippen LogP contribution in [0.15, 0.2) is 48.8 Å². The number of aliphatic hydroxyl groups is 1. The van der Waals surface area contributed by atoms with Crippen LogP contribution in [-0.2, 0) is 13.2 Å². The third-order valence-electron chi connectivity index (χ3n) is 2.28. The molecule has 3 heteroatoms. The van der Waals surface area contributed by atoms with Gasteiger partial charge in [0, 0.05) is 11.8 Å². The van der Waals surface area contributed by atoms with Crippen LogP contribution in [0.4, 0.5) is 0 Å². The second kappa shape index (κ2) is 5.28. The fourth-order valence-electron chi connectivity index (χ4n) is 1.40. The Morgan fingerprint density at radius 3 is 2.69 bits per heavy atom. The van der Waals surface area contributed by atoms with E-state index in [0.717, 1.165) is 11.1 Å². The minimum Gasteiger partial charge on any atom is -0.487 e. The van der Waals surface area contributed by atoms with Gasteiger partial charge in [-0.3, -0.25) is 4.98 Å². The Morgan fingerprint density at radius 1 is 1.12 bits per heavy atom. The molecule has 1 heterocycles. The fraction of sp³-hybridized carbons (Fsp3) is 0.154. The number of hydrogen-bond acceptors (Lipinski definition) is 3. The van der Waals surface area contributed by atoms with Crippen molar-refractivity contribution in [3.8, 4) is 5.75 Å². The zero-order chi connectivity index (χ0) is 11.2. The van der Waals surface area contributed by atoms with Crippen molar-refractivity contribution in [2.75, 3.05) is 0 Å². The van der Waals surface area contributed by atoms with Gasteiger partial charge in [0.15, 0.2) is 0 Å². The predicted molar refractivity (Wildman–Crippen MR) is 60.9 cm³/mol. The Kier molecular flexibility index (Phi) is 3.51. The normalized spacial score (nSPS) is 10.1. The molecule has 2 rings (SSSR count). The van der Waals surface area contributed by atoms with E-state index in [4.69, 9.17) is 9.84 Å². The average Bonchev–Trinajstić information content (AvgIpc) is 2.38. The van der Waals surface area contributed by atoms with Gasteiger partial charge in [-0.2, -0.15) is 0 Å². The summed E-state index contributed by atoms with van der Waals surface area (Å²) in [6.45, 7) is 0.451. The van der Waals surface area contributed by atoms with Crippen molar-refractivity contribution >= 4 is 0 Å². The van der Waals surface area contributed by atoms with Crippen LogP contribution < -0.4 is 4.74 Å². The standard InChI is InChI=1S/C13H13NO2/c15-9-12-6-7-14-8-13(12)16-10-11-4-2-1-3-5-11/h1-8,15H,9-10H2. The van der Waals surface area contributed by atoms with Crippen molar-refractivity contribution < 1.29 is 9.84 Å². The number of hydrogen-bond donors (Lipinski definition) is 1. The SMILES string of the molecule is OCc1ccncc1OCc1ccccc1. The topological polar surface area (TPSA) is 42.4 Å². The molecule has 16 heavy (non-hydrogen) atoms. The quantitative estimate of drug-likeness (QED) is 0.849. The van der Waals surface area contributed by atoms with Crippen LogP contribution in [0.3, 0.4) is 0 Å². The number of aliphatic hydroxyl groups excluding tert-OH is 1. The van der Waals surface area contributed by atoms with E-state index >= 15 is 0 Å². The Morgan fingerprint density at radius 2 is 1.94 bits per heavy atom. The maximum absolute atomic E-state index is 9.11. The van der Waals surface area contributed by atoms with E-state index in [2.05, 4.69) is 4.98 Å². The third kappa shape index (κ3) is 2.58. The number of benzene rings is 1. The van der Waals surface area contributed by atoms with Gasteiger partial charge in [-0.05, 0) is 11.6 Å². The van der Waals surface area contributed by atoms with Crippen LogP contribution in [0.2, 0.25) is 0 Å². The summed E-state index contributed by atoms with van der Waals surface area (Å²) in [7, 11) is 0. The van der Waals surface area contributed by atoms with Gasteiger partial charge in [0.25, 0.3) is 0 Å². The highest BCUT2D eigenvalue weighted by Gasteiger charge is 2.02. The summed E-state index contributed by atoms with van der Waals surface area (Å²) in [5.41, 5.74) is 1.85. The summed E-state index contributed by atoms with van der Waals surface area (Å²) in [5, 5.41) is 9.11. The molecule has 0 bridgehead atoms. The van der Waals surface area contributed by atoms with E-state index in [1.54, 1.807) is 18.5 Å². The van der Waals surface area contributed by atoms with Crippen molar-refractivity contribution in [1.82, 2.24) is 4.98 Å². The van der Waals surface area contributed by atoms with Gasteiger partial charge in [0.1, 0.15) is 12.4 Å². The molecule has 1 N–H and O–H groups in total. The molecule has 0 aliphatic heterocycles. The van der Waals surface area contributed by atoms with Crippen molar-refractivity contribution in [2.45, 2.75) is 13.2 Å². The van der Waals surface area contributed by atoms with Crippen molar-refractivity contribution in [3.63, 3.8) is 0 Å². The van der Waals surface area contributed by atoms with Gasteiger partial charge < -0.3 is 9.84 Å². The second-order valence-corrected chi connectivity index (χ2v) is 3.42. The number of rotatable bonds is 4. The monoisotopic (exact) mass is 215 g/mol. The number of aromatic nitrogens is 1. The molecule has 1 aromatic carbocycles. The van der Waals surface area contributed by atoms with E-state index < -0.39 is 0 Å². The van der Waals surface area contributed by atoms with Crippen molar-refractivity contribution in [3.05, 3.63) is 59.9 Å². The lowest BCUT2D eigenvalue weighted by Gasteiger charge is -2.08. The molecule has 0 amide bonds. The number of pyridine rings is 1. The molecule has 2 aromatic rings. The molecule has 82 valence electrons. The first-order valence-electron chi connectivity index (χ1n) is 5.10. The summed E-state index contributed by atoms with van der Waals surface area (Å²) in [6, 6.07) is 11.6. The van der Waals surface area contributed by atoms with Crippen molar-refractivity contribution in [2.24, 2.45) is 0 Å². The van der Waals surface area contributed by atoms with Crippen LogP contribution in [0.25, 0.3) is 0 Å². The molecule has 3 nitrogen and oxygen atoms in total. The lowest BCUT2D eigenvalue weighted by Crippen LogP contribution is -1.99. The Labute approximate surface area is 94.3 Å². The summed E-state index contributed by atoms with van der Waals surface area (Å²) in [4.78, 5) is 3.97. The summed E-state index contributed by atoms with van der Waals surface area (Å²) < 4.78 is 5.59. The summed E-state index contributed by atoms with van der Waals surface area (Å²) >= 11 is 0. The number of ether oxygens (including phenoxy) is 1. The molecule has 0 saturated heterocycles. The van der Waals surface area contributed by atoms with Crippen LogP contribution >= 0.6 is 0 Å². The maximum atomic E-state index is 9.11. The number of nitrogens with zero attached hydrogens (tertiary/aromatic N) is 1. The predicted octanol–water partition coefficient (Wildman–Crippen LogP) is 2.15. The second-order valence-electron chi connectivity index (χ2n) is 3.42.